The van der Waals surface area contributed by atoms with Crippen LogP contribution in [0.4, 0.5) is 0 Å². The highest BCUT2D eigenvalue weighted by Crippen LogP contribution is 2.11. The summed E-state index contributed by atoms with van der Waals surface area (Å²) in [5.41, 5.74) is 0. The Balaban J connectivity index is 2.03. The van der Waals surface area contributed by atoms with Crippen molar-refractivity contribution in [2.24, 2.45) is 0 Å². The van der Waals surface area contributed by atoms with Crippen LogP contribution in [0.1, 0.15) is 38.5 Å². The number of unbranched alkanes of at least 4 members (excludes halogenated alkanes) is 3. The van der Waals surface area contributed by atoms with Crippen LogP contribution in [0, 0.1) is 0 Å². The Morgan fingerprint density at radius 1 is 0.895 bits per heavy atom. The highest BCUT2D eigenvalue weighted by Gasteiger charge is 2.05. The van der Waals surface area contributed by atoms with Gasteiger partial charge in [-0.2, -0.15) is 5.26 Å². The van der Waals surface area contributed by atoms with Crippen LogP contribution in [0.3, 0.4) is 0 Å². The van der Waals surface area contributed by atoms with E-state index < -0.39 is 5.97 Å². The Labute approximate surface area is 112 Å². The molecule has 0 aromatic heterocycles. The van der Waals surface area contributed by atoms with E-state index in [4.69, 9.17) is 9.99 Å². The largest absolute Gasteiger partial charge is 0.427 e. The fourth-order valence-electron chi connectivity index (χ4n) is 1.61. The Kier molecular flexibility index (Phi) is 7.27. The van der Waals surface area contributed by atoms with Crippen LogP contribution in [-0.2, 0) is 14.5 Å². The predicted molar refractivity (Wildman–Crippen MR) is 68.5 cm³/mol. The Morgan fingerprint density at radius 2 is 1.47 bits per heavy atom. The van der Waals surface area contributed by atoms with E-state index in [1.165, 1.54) is 0 Å². The van der Waals surface area contributed by atoms with Gasteiger partial charge in [-0.3, -0.25) is 4.79 Å². The SMILES string of the molecule is O=C(CCCCCCC(=O)Oc1ccccc1)OO. The number of benzene rings is 1. The van der Waals surface area contributed by atoms with Crippen molar-refractivity contribution < 1.29 is 24.5 Å². The number of ether oxygens (including phenoxy) is 1. The molecule has 0 heterocycles. The molecule has 0 amide bonds. The molecule has 19 heavy (non-hydrogen) atoms. The van der Waals surface area contributed by atoms with Crippen LogP contribution in [0.2, 0.25) is 0 Å². The fourth-order valence-corrected chi connectivity index (χ4v) is 1.61. The molecule has 104 valence electrons. The average Bonchev–Trinajstić information content (AvgIpc) is 2.43. The number of hydrogen-bond donors (Lipinski definition) is 1. The van der Waals surface area contributed by atoms with Gasteiger partial charge in [0.2, 0.25) is 0 Å². The van der Waals surface area contributed by atoms with Gasteiger partial charge in [0, 0.05) is 12.8 Å². The van der Waals surface area contributed by atoms with Crippen molar-refractivity contribution in [3.05, 3.63) is 30.3 Å². The maximum absolute atomic E-state index is 11.5. The van der Waals surface area contributed by atoms with Crippen LogP contribution in [-0.4, -0.2) is 17.2 Å². The number of hydrogen-bond acceptors (Lipinski definition) is 5. The summed E-state index contributed by atoms with van der Waals surface area (Å²) in [5.74, 6) is -0.317. The van der Waals surface area contributed by atoms with E-state index in [1.54, 1.807) is 12.1 Å². The number of rotatable bonds is 8. The van der Waals surface area contributed by atoms with E-state index in [-0.39, 0.29) is 12.4 Å². The predicted octanol–water partition coefficient (Wildman–Crippen LogP) is 2.95. The smallest absolute Gasteiger partial charge is 0.342 e. The summed E-state index contributed by atoms with van der Waals surface area (Å²) in [4.78, 5) is 25.6. The molecule has 0 unspecified atom stereocenters. The van der Waals surface area contributed by atoms with E-state index in [0.717, 1.165) is 19.3 Å². The van der Waals surface area contributed by atoms with Gasteiger partial charge in [0.05, 0.1) is 0 Å². The first-order valence-electron chi connectivity index (χ1n) is 6.32. The summed E-state index contributed by atoms with van der Waals surface area (Å²) in [6.45, 7) is 0. The first-order chi connectivity index (χ1) is 9.22. The van der Waals surface area contributed by atoms with Crippen molar-refractivity contribution in [3.8, 4) is 5.75 Å². The summed E-state index contributed by atoms with van der Waals surface area (Å²) in [7, 11) is 0. The van der Waals surface area contributed by atoms with Crippen molar-refractivity contribution in [2.75, 3.05) is 0 Å². The van der Waals surface area contributed by atoms with Gasteiger partial charge in [-0.15, -0.1) is 0 Å². The van der Waals surface area contributed by atoms with Gasteiger partial charge in [0.25, 0.3) is 0 Å². The van der Waals surface area contributed by atoms with Crippen LogP contribution < -0.4 is 4.74 Å². The average molecular weight is 266 g/mol. The molecule has 1 aromatic rings. The maximum Gasteiger partial charge on any atom is 0.342 e. The van der Waals surface area contributed by atoms with E-state index in [0.29, 0.717) is 18.6 Å². The zero-order valence-corrected chi connectivity index (χ0v) is 10.7. The van der Waals surface area contributed by atoms with Crippen molar-refractivity contribution in [2.45, 2.75) is 38.5 Å². The highest BCUT2D eigenvalue weighted by molar-refractivity contribution is 5.72. The normalized spacial score (nSPS) is 9.95. The van der Waals surface area contributed by atoms with Crippen LogP contribution in [0.25, 0.3) is 0 Å². The molecule has 0 spiro atoms. The van der Waals surface area contributed by atoms with Crippen molar-refractivity contribution in [1.29, 1.82) is 0 Å². The molecule has 1 N–H and O–H groups in total. The van der Waals surface area contributed by atoms with Crippen LogP contribution >= 0.6 is 0 Å². The summed E-state index contributed by atoms with van der Waals surface area (Å²) in [6.07, 6.45) is 3.58. The summed E-state index contributed by atoms with van der Waals surface area (Å²) in [6, 6.07) is 8.94. The van der Waals surface area contributed by atoms with Crippen LogP contribution in [0.15, 0.2) is 30.3 Å². The van der Waals surface area contributed by atoms with E-state index in [2.05, 4.69) is 4.89 Å². The second kappa shape index (κ2) is 9.10. The molecule has 5 nitrogen and oxygen atoms in total. The number of carbonyl (C=O) groups is 2. The minimum atomic E-state index is -0.622. The third kappa shape index (κ3) is 7.21. The summed E-state index contributed by atoms with van der Waals surface area (Å²) in [5, 5.41) is 8.04. The van der Waals surface area contributed by atoms with Gasteiger partial charge in [0.15, 0.2) is 0 Å². The first-order valence-corrected chi connectivity index (χ1v) is 6.32. The van der Waals surface area contributed by atoms with E-state index in [9.17, 15) is 9.59 Å². The molecular weight excluding hydrogens is 248 g/mol. The van der Waals surface area contributed by atoms with Crippen molar-refractivity contribution in [3.63, 3.8) is 0 Å². The van der Waals surface area contributed by atoms with Gasteiger partial charge < -0.3 is 9.62 Å². The van der Waals surface area contributed by atoms with Gasteiger partial charge >= 0.3 is 11.9 Å². The van der Waals surface area contributed by atoms with Gasteiger partial charge in [0.1, 0.15) is 5.75 Å². The molecule has 0 aliphatic heterocycles. The molecule has 0 saturated heterocycles. The minimum Gasteiger partial charge on any atom is -0.427 e. The lowest BCUT2D eigenvalue weighted by Gasteiger charge is -2.03. The highest BCUT2D eigenvalue weighted by atomic mass is 17.1. The monoisotopic (exact) mass is 266 g/mol. The molecule has 0 bridgehead atoms. The van der Waals surface area contributed by atoms with Crippen molar-refractivity contribution >= 4 is 11.9 Å². The molecule has 5 heteroatoms. The molecule has 0 radical (unpaired) electrons. The van der Waals surface area contributed by atoms with Crippen LogP contribution in [0.5, 0.6) is 5.75 Å². The summed E-state index contributed by atoms with van der Waals surface area (Å²) < 4.78 is 5.13. The molecule has 0 atom stereocenters. The third-order valence-corrected chi connectivity index (χ3v) is 2.59. The molecule has 1 aromatic carbocycles. The number of para-hydroxylation sites is 1. The van der Waals surface area contributed by atoms with Gasteiger partial charge in [-0.1, -0.05) is 31.0 Å². The van der Waals surface area contributed by atoms with Gasteiger partial charge in [-0.05, 0) is 25.0 Å². The molecule has 1 rings (SSSR count). The molecule has 0 fully saturated rings. The second-order valence-electron chi connectivity index (χ2n) is 4.16. The Bertz CT molecular complexity index is 388. The maximum atomic E-state index is 11.5. The number of carbonyl (C=O) groups excluding carboxylic acids is 2. The molecule has 0 aliphatic rings. The zero-order valence-electron chi connectivity index (χ0n) is 10.7. The standard InChI is InChI=1S/C14H18O5/c15-13(18-12-8-4-3-5-9-12)10-6-1-2-7-11-14(16)19-17/h3-5,8-9,17H,1-2,6-7,10-11H2. The first kappa shape index (κ1) is 15.2. The number of esters is 1. The van der Waals surface area contributed by atoms with E-state index >= 15 is 0 Å². The quantitative estimate of drug-likeness (QED) is 0.257. The lowest BCUT2D eigenvalue weighted by Crippen LogP contribution is -2.07. The van der Waals surface area contributed by atoms with Crippen molar-refractivity contribution in [1.82, 2.24) is 0 Å². The van der Waals surface area contributed by atoms with Gasteiger partial charge in [-0.25, -0.2) is 4.79 Å². The zero-order chi connectivity index (χ0) is 13.9. The lowest BCUT2D eigenvalue weighted by molar-refractivity contribution is -0.234. The third-order valence-electron chi connectivity index (χ3n) is 2.59. The fraction of sp³-hybridized carbons (Fsp3) is 0.429. The minimum absolute atomic E-state index is 0.199. The second-order valence-corrected chi connectivity index (χ2v) is 4.16. The lowest BCUT2D eigenvalue weighted by atomic mass is 10.1. The van der Waals surface area contributed by atoms with E-state index in [1.807, 2.05) is 18.2 Å². The summed E-state index contributed by atoms with van der Waals surface area (Å²) >= 11 is 0. The molecule has 0 saturated carbocycles. The molecule has 0 aliphatic carbocycles. The topological polar surface area (TPSA) is 72.8 Å². The Morgan fingerprint density at radius 3 is 2.05 bits per heavy atom. The molecular formula is C14H18O5. The Hall–Kier alpha value is -1.88.